The van der Waals surface area contributed by atoms with Gasteiger partial charge >= 0.3 is 0 Å². The van der Waals surface area contributed by atoms with Gasteiger partial charge in [-0.05, 0) is 38.1 Å². The zero-order valence-corrected chi connectivity index (χ0v) is 15.0. The highest BCUT2D eigenvalue weighted by Gasteiger charge is 2.14. The maximum atomic E-state index is 13.0. The summed E-state index contributed by atoms with van der Waals surface area (Å²) in [6, 6.07) is 7.11. The standard InChI is InChI=1S/C17H13ClFN3O2S/c1-9-13(10(2)23)5-11(7-20)17(21-9)25-8-16(24)22-15-4-3-12(19)6-14(15)18/h3-6H,8H2,1-2H3,(H,22,24). The van der Waals surface area contributed by atoms with Crippen molar-refractivity contribution in [3.63, 3.8) is 0 Å². The second-order valence-corrected chi connectivity index (χ2v) is 6.47. The molecular weight excluding hydrogens is 365 g/mol. The number of Topliss-reactive ketones (excluding diaryl/α,β-unsaturated/α-hetero) is 1. The van der Waals surface area contributed by atoms with Crippen LogP contribution in [0.4, 0.5) is 10.1 Å². The molecule has 8 heteroatoms. The van der Waals surface area contributed by atoms with Crippen LogP contribution in [0.2, 0.25) is 5.02 Å². The average Bonchev–Trinajstić information content (AvgIpc) is 2.55. The number of aromatic nitrogens is 1. The fourth-order valence-corrected chi connectivity index (χ4v) is 3.06. The van der Waals surface area contributed by atoms with Crippen molar-refractivity contribution in [2.75, 3.05) is 11.1 Å². The molecule has 1 heterocycles. The number of benzene rings is 1. The zero-order valence-electron chi connectivity index (χ0n) is 13.4. The van der Waals surface area contributed by atoms with Crippen LogP contribution in [0.1, 0.15) is 28.5 Å². The molecule has 1 aromatic heterocycles. The number of pyridine rings is 1. The summed E-state index contributed by atoms with van der Waals surface area (Å²) in [5, 5.41) is 12.2. The Morgan fingerprint density at radius 2 is 2.12 bits per heavy atom. The summed E-state index contributed by atoms with van der Waals surface area (Å²) in [6.45, 7) is 3.07. The maximum absolute atomic E-state index is 13.0. The molecule has 1 aromatic carbocycles. The molecule has 0 spiro atoms. The largest absolute Gasteiger partial charge is 0.324 e. The molecule has 0 aliphatic rings. The van der Waals surface area contributed by atoms with Gasteiger partial charge in [-0.15, -0.1) is 0 Å². The predicted molar refractivity (Wildman–Crippen MR) is 94.5 cm³/mol. The minimum atomic E-state index is -0.499. The van der Waals surface area contributed by atoms with E-state index in [9.17, 15) is 19.2 Å². The molecule has 0 saturated carbocycles. The SMILES string of the molecule is CC(=O)c1cc(C#N)c(SCC(=O)Nc2ccc(F)cc2Cl)nc1C. The van der Waals surface area contributed by atoms with Crippen LogP contribution in [0, 0.1) is 24.1 Å². The van der Waals surface area contributed by atoms with Crippen LogP contribution in [0.25, 0.3) is 0 Å². The van der Waals surface area contributed by atoms with Crippen LogP contribution in [-0.2, 0) is 4.79 Å². The lowest BCUT2D eigenvalue weighted by atomic mass is 10.1. The van der Waals surface area contributed by atoms with Crippen molar-refractivity contribution < 1.29 is 14.0 Å². The van der Waals surface area contributed by atoms with Crippen LogP contribution in [0.3, 0.4) is 0 Å². The van der Waals surface area contributed by atoms with E-state index in [0.29, 0.717) is 22.0 Å². The summed E-state index contributed by atoms with van der Waals surface area (Å²) in [4.78, 5) is 27.8. The van der Waals surface area contributed by atoms with Crippen LogP contribution in [0.5, 0.6) is 0 Å². The fourth-order valence-electron chi connectivity index (χ4n) is 2.04. The number of nitrogens with one attached hydrogen (secondary N) is 1. The summed E-state index contributed by atoms with van der Waals surface area (Å²) in [6.07, 6.45) is 0. The number of nitriles is 1. The Bertz CT molecular complexity index is 896. The van der Waals surface area contributed by atoms with Gasteiger partial charge in [0.05, 0.1) is 22.0 Å². The number of thioether (sulfide) groups is 1. The number of halogens is 2. The molecule has 0 aliphatic heterocycles. The number of ketones is 1. The van der Waals surface area contributed by atoms with Gasteiger partial charge in [-0.1, -0.05) is 23.4 Å². The molecule has 0 fully saturated rings. The molecule has 0 unspecified atom stereocenters. The van der Waals surface area contributed by atoms with E-state index in [1.54, 1.807) is 6.92 Å². The van der Waals surface area contributed by atoms with Gasteiger partial charge in [0, 0.05) is 11.3 Å². The van der Waals surface area contributed by atoms with E-state index in [4.69, 9.17) is 11.6 Å². The molecule has 25 heavy (non-hydrogen) atoms. The number of carbonyl (C=O) groups is 2. The van der Waals surface area contributed by atoms with Gasteiger partial charge in [0.2, 0.25) is 5.91 Å². The van der Waals surface area contributed by atoms with Gasteiger partial charge in [0.25, 0.3) is 0 Å². The highest BCUT2D eigenvalue weighted by Crippen LogP contribution is 2.25. The van der Waals surface area contributed by atoms with Crippen molar-refractivity contribution in [2.24, 2.45) is 0 Å². The summed E-state index contributed by atoms with van der Waals surface area (Å²) in [5.74, 6) is -1.07. The Morgan fingerprint density at radius 1 is 1.40 bits per heavy atom. The van der Waals surface area contributed by atoms with Crippen LogP contribution < -0.4 is 5.32 Å². The summed E-state index contributed by atoms with van der Waals surface area (Å²) in [7, 11) is 0. The molecule has 1 amide bonds. The van der Waals surface area contributed by atoms with E-state index in [2.05, 4.69) is 10.3 Å². The Morgan fingerprint density at radius 3 is 2.72 bits per heavy atom. The van der Waals surface area contributed by atoms with Crippen molar-refractivity contribution in [3.05, 3.63) is 51.9 Å². The third-order valence-electron chi connectivity index (χ3n) is 3.22. The summed E-state index contributed by atoms with van der Waals surface area (Å²) < 4.78 is 13.0. The molecule has 0 bridgehead atoms. The minimum absolute atomic E-state index is 0.0196. The average molecular weight is 378 g/mol. The Kier molecular flexibility index (Phi) is 6.12. The zero-order chi connectivity index (χ0) is 18.6. The van der Waals surface area contributed by atoms with E-state index in [1.807, 2.05) is 6.07 Å². The summed E-state index contributed by atoms with van der Waals surface area (Å²) >= 11 is 6.93. The second-order valence-electron chi connectivity index (χ2n) is 5.10. The maximum Gasteiger partial charge on any atom is 0.234 e. The molecule has 128 valence electrons. The van der Waals surface area contributed by atoms with Gasteiger partial charge in [0.1, 0.15) is 16.9 Å². The molecule has 0 saturated heterocycles. The van der Waals surface area contributed by atoms with E-state index in [-0.39, 0.29) is 28.0 Å². The quantitative estimate of drug-likeness (QED) is 0.629. The molecule has 0 aliphatic carbocycles. The molecule has 2 aromatic rings. The van der Waals surface area contributed by atoms with Crippen molar-refractivity contribution in [1.29, 1.82) is 5.26 Å². The lowest BCUT2D eigenvalue weighted by Gasteiger charge is -2.09. The summed E-state index contributed by atoms with van der Waals surface area (Å²) in [5.41, 5.74) is 1.40. The van der Waals surface area contributed by atoms with Gasteiger partial charge in [-0.25, -0.2) is 9.37 Å². The normalized spacial score (nSPS) is 10.2. The van der Waals surface area contributed by atoms with E-state index in [0.717, 1.165) is 17.8 Å². The van der Waals surface area contributed by atoms with Crippen molar-refractivity contribution in [2.45, 2.75) is 18.9 Å². The van der Waals surface area contributed by atoms with Crippen molar-refractivity contribution >= 4 is 40.7 Å². The van der Waals surface area contributed by atoms with E-state index >= 15 is 0 Å². The number of nitrogens with zero attached hydrogens (tertiary/aromatic N) is 2. The van der Waals surface area contributed by atoms with Crippen molar-refractivity contribution in [1.82, 2.24) is 4.98 Å². The first-order valence-corrected chi connectivity index (χ1v) is 8.48. The topological polar surface area (TPSA) is 82.8 Å². The predicted octanol–water partition coefficient (Wildman–Crippen LogP) is 3.99. The number of hydrogen-bond acceptors (Lipinski definition) is 5. The highest BCUT2D eigenvalue weighted by molar-refractivity contribution is 8.00. The van der Waals surface area contributed by atoms with E-state index in [1.165, 1.54) is 25.1 Å². The molecular formula is C17H13ClFN3O2S. The van der Waals surface area contributed by atoms with Gasteiger partial charge < -0.3 is 5.32 Å². The van der Waals surface area contributed by atoms with E-state index < -0.39 is 5.82 Å². The van der Waals surface area contributed by atoms with Crippen molar-refractivity contribution in [3.8, 4) is 6.07 Å². The molecule has 2 rings (SSSR count). The lowest BCUT2D eigenvalue weighted by molar-refractivity contribution is -0.113. The Labute approximate surface area is 153 Å². The molecule has 1 N–H and O–H groups in total. The number of aryl methyl sites for hydroxylation is 1. The fraction of sp³-hybridized carbons (Fsp3) is 0.176. The van der Waals surface area contributed by atoms with Gasteiger partial charge in [-0.3, -0.25) is 9.59 Å². The molecule has 0 atom stereocenters. The monoisotopic (exact) mass is 377 g/mol. The third kappa shape index (κ3) is 4.78. The highest BCUT2D eigenvalue weighted by atomic mass is 35.5. The Balaban J connectivity index is 2.10. The minimum Gasteiger partial charge on any atom is -0.324 e. The van der Waals surface area contributed by atoms with Gasteiger partial charge in [0.15, 0.2) is 5.78 Å². The number of amides is 1. The Hall–Kier alpha value is -2.43. The van der Waals surface area contributed by atoms with Crippen LogP contribution in [0.15, 0.2) is 29.3 Å². The number of anilines is 1. The molecule has 0 radical (unpaired) electrons. The number of carbonyl (C=O) groups excluding carboxylic acids is 2. The number of rotatable bonds is 5. The smallest absolute Gasteiger partial charge is 0.234 e. The first-order valence-electron chi connectivity index (χ1n) is 7.12. The second kappa shape index (κ2) is 8.10. The first kappa shape index (κ1) is 18.9. The number of hydrogen-bond donors (Lipinski definition) is 1. The van der Waals surface area contributed by atoms with Crippen LogP contribution in [-0.4, -0.2) is 22.4 Å². The third-order valence-corrected chi connectivity index (χ3v) is 4.53. The van der Waals surface area contributed by atoms with Gasteiger partial charge in [-0.2, -0.15) is 5.26 Å². The molecule has 5 nitrogen and oxygen atoms in total. The first-order chi connectivity index (χ1) is 11.8. The van der Waals surface area contributed by atoms with Crippen LogP contribution >= 0.6 is 23.4 Å². The lowest BCUT2D eigenvalue weighted by Crippen LogP contribution is -2.15.